The molecule has 0 saturated heterocycles. The Bertz CT molecular complexity index is 325. The molecule has 1 aromatic rings. The van der Waals surface area contributed by atoms with E-state index in [1.807, 2.05) is 32.2 Å². The van der Waals surface area contributed by atoms with E-state index in [0.29, 0.717) is 6.61 Å². The topological polar surface area (TPSA) is 30.5 Å². The molecule has 1 unspecified atom stereocenters. The Morgan fingerprint density at radius 2 is 2.19 bits per heavy atom. The highest BCUT2D eigenvalue weighted by Crippen LogP contribution is 2.21. The highest BCUT2D eigenvalue weighted by molar-refractivity contribution is 6.31. The summed E-state index contributed by atoms with van der Waals surface area (Å²) >= 11 is 5.95. The van der Waals surface area contributed by atoms with E-state index in [4.69, 9.17) is 21.1 Å². The first-order valence-corrected chi connectivity index (χ1v) is 5.61. The van der Waals surface area contributed by atoms with Gasteiger partial charge in [-0.3, -0.25) is 0 Å². The van der Waals surface area contributed by atoms with Crippen LogP contribution in [0.3, 0.4) is 0 Å². The number of ether oxygens (including phenoxy) is 2. The number of rotatable bonds is 6. The quantitative estimate of drug-likeness (QED) is 0.832. The minimum Gasteiger partial charge on any atom is -0.487 e. The largest absolute Gasteiger partial charge is 0.487 e. The van der Waals surface area contributed by atoms with Gasteiger partial charge >= 0.3 is 0 Å². The van der Waals surface area contributed by atoms with Gasteiger partial charge in [0.2, 0.25) is 0 Å². The van der Waals surface area contributed by atoms with Crippen LogP contribution in [0.25, 0.3) is 0 Å². The highest BCUT2D eigenvalue weighted by Gasteiger charge is 2.09. The standard InChI is InChI=1S/C12H18ClNO2/c1-9-6-10(4-5-12(9)13)16-11(7-14-2)8-15-3/h4-6,11,14H,7-8H2,1-3H3. The summed E-state index contributed by atoms with van der Waals surface area (Å²) in [5, 5.41) is 3.82. The third-order valence-electron chi connectivity index (χ3n) is 2.22. The summed E-state index contributed by atoms with van der Waals surface area (Å²) in [5.74, 6) is 0.819. The molecule has 90 valence electrons. The summed E-state index contributed by atoms with van der Waals surface area (Å²) in [6.45, 7) is 3.26. The number of hydrogen-bond donors (Lipinski definition) is 1. The lowest BCUT2D eigenvalue weighted by Gasteiger charge is -2.18. The first-order valence-electron chi connectivity index (χ1n) is 5.23. The average Bonchev–Trinajstić information content (AvgIpc) is 2.24. The smallest absolute Gasteiger partial charge is 0.134 e. The molecule has 3 nitrogen and oxygen atoms in total. The van der Waals surface area contributed by atoms with Crippen LogP contribution < -0.4 is 10.1 Å². The van der Waals surface area contributed by atoms with E-state index in [1.54, 1.807) is 7.11 Å². The monoisotopic (exact) mass is 243 g/mol. The van der Waals surface area contributed by atoms with Crippen molar-refractivity contribution in [1.29, 1.82) is 0 Å². The van der Waals surface area contributed by atoms with Crippen LogP contribution >= 0.6 is 11.6 Å². The molecule has 1 N–H and O–H groups in total. The van der Waals surface area contributed by atoms with E-state index in [2.05, 4.69) is 5.32 Å². The summed E-state index contributed by atoms with van der Waals surface area (Å²) in [7, 11) is 3.55. The molecule has 0 amide bonds. The Kier molecular flexibility index (Phi) is 5.60. The number of methoxy groups -OCH3 is 1. The summed E-state index contributed by atoms with van der Waals surface area (Å²) in [4.78, 5) is 0. The Balaban J connectivity index is 2.65. The lowest BCUT2D eigenvalue weighted by molar-refractivity contribution is 0.0818. The molecule has 0 aliphatic carbocycles. The summed E-state index contributed by atoms with van der Waals surface area (Å²) in [5.41, 5.74) is 1.01. The van der Waals surface area contributed by atoms with Gasteiger partial charge in [0.05, 0.1) is 6.61 Å². The van der Waals surface area contributed by atoms with Crippen LogP contribution in [-0.2, 0) is 4.74 Å². The predicted molar refractivity (Wildman–Crippen MR) is 66.4 cm³/mol. The molecule has 0 heterocycles. The molecule has 1 rings (SSSR count). The second-order valence-corrected chi connectivity index (χ2v) is 4.07. The normalized spacial score (nSPS) is 12.5. The van der Waals surface area contributed by atoms with E-state index in [0.717, 1.165) is 22.9 Å². The second kappa shape index (κ2) is 6.74. The van der Waals surface area contributed by atoms with Crippen LogP contribution in [0.1, 0.15) is 5.56 Å². The van der Waals surface area contributed by atoms with Crippen molar-refractivity contribution in [3.8, 4) is 5.75 Å². The fourth-order valence-electron chi connectivity index (χ4n) is 1.43. The van der Waals surface area contributed by atoms with Crippen LogP contribution in [0.5, 0.6) is 5.75 Å². The van der Waals surface area contributed by atoms with Crippen LogP contribution in [0, 0.1) is 6.92 Å². The summed E-state index contributed by atoms with van der Waals surface area (Å²) < 4.78 is 10.9. The molecule has 0 spiro atoms. The maximum Gasteiger partial charge on any atom is 0.134 e. The summed E-state index contributed by atoms with van der Waals surface area (Å²) in [6, 6.07) is 5.64. The molecule has 1 aromatic carbocycles. The number of aryl methyl sites for hydroxylation is 1. The van der Waals surface area contributed by atoms with Crippen LogP contribution in [0.2, 0.25) is 5.02 Å². The van der Waals surface area contributed by atoms with Crippen molar-refractivity contribution in [3.05, 3.63) is 28.8 Å². The van der Waals surface area contributed by atoms with Crippen molar-refractivity contribution in [1.82, 2.24) is 5.32 Å². The average molecular weight is 244 g/mol. The molecule has 0 aliphatic rings. The first kappa shape index (κ1) is 13.3. The van der Waals surface area contributed by atoms with Crippen molar-refractivity contribution in [2.45, 2.75) is 13.0 Å². The molecule has 0 aliphatic heterocycles. The maximum absolute atomic E-state index is 5.95. The van der Waals surface area contributed by atoms with Gasteiger partial charge in [0.15, 0.2) is 0 Å². The van der Waals surface area contributed by atoms with Gasteiger partial charge in [-0.25, -0.2) is 0 Å². The zero-order valence-electron chi connectivity index (χ0n) is 9.92. The van der Waals surface area contributed by atoms with E-state index >= 15 is 0 Å². The molecule has 0 aromatic heterocycles. The van der Waals surface area contributed by atoms with Gasteiger partial charge in [-0.05, 0) is 37.7 Å². The van der Waals surface area contributed by atoms with Crippen LogP contribution in [0.4, 0.5) is 0 Å². The van der Waals surface area contributed by atoms with Crippen molar-refractivity contribution in [2.75, 3.05) is 27.3 Å². The molecular weight excluding hydrogens is 226 g/mol. The first-order chi connectivity index (χ1) is 7.67. The fraction of sp³-hybridized carbons (Fsp3) is 0.500. The Morgan fingerprint density at radius 1 is 1.44 bits per heavy atom. The molecule has 1 atom stereocenters. The molecule has 4 heteroatoms. The van der Waals surface area contributed by atoms with E-state index < -0.39 is 0 Å². The number of hydrogen-bond acceptors (Lipinski definition) is 3. The SMILES string of the molecule is CNCC(COC)Oc1ccc(Cl)c(C)c1. The van der Waals surface area contributed by atoms with Gasteiger partial charge in [0.1, 0.15) is 11.9 Å². The van der Waals surface area contributed by atoms with Crippen LogP contribution in [0.15, 0.2) is 18.2 Å². The number of benzene rings is 1. The molecule has 0 fully saturated rings. The van der Waals surface area contributed by atoms with Crippen molar-refractivity contribution in [3.63, 3.8) is 0 Å². The van der Waals surface area contributed by atoms with E-state index in [9.17, 15) is 0 Å². The van der Waals surface area contributed by atoms with Crippen molar-refractivity contribution in [2.24, 2.45) is 0 Å². The van der Waals surface area contributed by atoms with Gasteiger partial charge in [-0.15, -0.1) is 0 Å². The highest BCUT2D eigenvalue weighted by atomic mass is 35.5. The third-order valence-corrected chi connectivity index (χ3v) is 2.64. The van der Waals surface area contributed by atoms with Gasteiger partial charge < -0.3 is 14.8 Å². The molecule has 0 bridgehead atoms. The maximum atomic E-state index is 5.95. The Morgan fingerprint density at radius 3 is 2.75 bits per heavy atom. The Hall–Kier alpha value is -0.770. The minimum atomic E-state index is 0.00979. The summed E-state index contributed by atoms with van der Waals surface area (Å²) in [6.07, 6.45) is 0.00979. The minimum absolute atomic E-state index is 0.00979. The zero-order valence-corrected chi connectivity index (χ0v) is 10.7. The van der Waals surface area contributed by atoms with Crippen LogP contribution in [-0.4, -0.2) is 33.4 Å². The molecule has 0 saturated carbocycles. The fourth-order valence-corrected chi connectivity index (χ4v) is 1.55. The van der Waals surface area contributed by atoms with E-state index in [1.165, 1.54) is 0 Å². The van der Waals surface area contributed by atoms with Gasteiger partial charge in [-0.2, -0.15) is 0 Å². The lowest BCUT2D eigenvalue weighted by Crippen LogP contribution is -2.33. The van der Waals surface area contributed by atoms with Gasteiger partial charge in [-0.1, -0.05) is 11.6 Å². The van der Waals surface area contributed by atoms with E-state index in [-0.39, 0.29) is 6.10 Å². The number of likely N-dealkylation sites (N-methyl/N-ethyl adjacent to an activating group) is 1. The Labute approximate surface area is 102 Å². The molecular formula is C12H18ClNO2. The number of halogens is 1. The second-order valence-electron chi connectivity index (χ2n) is 3.66. The lowest BCUT2D eigenvalue weighted by atomic mass is 10.2. The van der Waals surface area contributed by atoms with Crippen molar-refractivity contribution >= 4 is 11.6 Å². The third kappa shape index (κ3) is 4.00. The molecule has 16 heavy (non-hydrogen) atoms. The van der Waals surface area contributed by atoms with Gasteiger partial charge in [0.25, 0.3) is 0 Å². The van der Waals surface area contributed by atoms with Crippen molar-refractivity contribution < 1.29 is 9.47 Å². The van der Waals surface area contributed by atoms with Gasteiger partial charge in [0, 0.05) is 18.7 Å². The predicted octanol–water partition coefficient (Wildman–Crippen LogP) is 2.26. The number of nitrogens with one attached hydrogen (secondary N) is 1. The zero-order chi connectivity index (χ0) is 12.0. The molecule has 0 radical (unpaired) electrons.